The van der Waals surface area contributed by atoms with Crippen molar-refractivity contribution < 1.29 is 55.6 Å². The van der Waals surface area contributed by atoms with Crippen LogP contribution in [0.15, 0.2) is 73.2 Å². The summed E-state index contributed by atoms with van der Waals surface area (Å²) in [6.45, 7) is 7.31. The van der Waals surface area contributed by atoms with Gasteiger partial charge in [-0.05, 0) is 93.8 Å². The molecule has 1 atom stereocenters. The molecule has 3 heterocycles. The first-order valence-electron chi connectivity index (χ1n) is 19.4. The van der Waals surface area contributed by atoms with Gasteiger partial charge in [0.15, 0.2) is 6.61 Å². The summed E-state index contributed by atoms with van der Waals surface area (Å²) in [5.41, 5.74) is 8.97. The number of carbonyl (C=O) groups excluding carboxylic acids is 2. The number of hydrogen-bond donors (Lipinski definition) is 1. The van der Waals surface area contributed by atoms with Crippen molar-refractivity contribution in [3.8, 4) is 45.0 Å². The Kier molecular flexibility index (Phi) is 14.6. The van der Waals surface area contributed by atoms with Crippen molar-refractivity contribution >= 4 is 50.8 Å². The molecule has 0 fully saturated rings. The summed E-state index contributed by atoms with van der Waals surface area (Å²) in [5.74, 6) is -1.33. The summed E-state index contributed by atoms with van der Waals surface area (Å²) in [7, 11) is 0. The fourth-order valence-electron chi connectivity index (χ4n) is 6.17. The van der Waals surface area contributed by atoms with Gasteiger partial charge in [0.05, 0.1) is 34.8 Å². The van der Waals surface area contributed by atoms with E-state index in [1.807, 2.05) is 0 Å². The van der Waals surface area contributed by atoms with Gasteiger partial charge in [-0.2, -0.15) is 18.2 Å². The molecule has 3 aromatic carbocycles. The maximum absolute atomic E-state index is 14.1. The van der Waals surface area contributed by atoms with Gasteiger partial charge in [-0.1, -0.05) is 29.8 Å². The Morgan fingerprint density at radius 2 is 1.71 bits per heavy atom. The Bertz CT molecular complexity index is 2590. The van der Waals surface area contributed by atoms with Gasteiger partial charge in [0.1, 0.15) is 47.3 Å². The molecule has 332 valence electrons. The number of halogens is 5. The number of nitrogens with two attached hydrogens (primary N) is 1. The minimum atomic E-state index is -4.42. The van der Waals surface area contributed by atoms with Crippen LogP contribution in [0.5, 0.6) is 23.4 Å². The molecule has 0 saturated carbocycles. The van der Waals surface area contributed by atoms with E-state index >= 15 is 0 Å². The summed E-state index contributed by atoms with van der Waals surface area (Å²) in [6, 6.07) is 15.3. The molecular formula is C44H42ClF4N5O8S. The summed E-state index contributed by atoms with van der Waals surface area (Å²) in [6.07, 6.45) is -4.58. The van der Waals surface area contributed by atoms with Gasteiger partial charge in [-0.25, -0.2) is 28.9 Å². The minimum absolute atomic E-state index is 0.00289. The molecule has 63 heavy (non-hydrogen) atoms. The lowest BCUT2D eigenvalue weighted by Gasteiger charge is -2.21. The molecule has 0 amide bonds. The van der Waals surface area contributed by atoms with Crippen molar-refractivity contribution in [2.75, 3.05) is 25.6 Å². The van der Waals surface area contributed by atoms with E-state index < -0.39 is 55.3 Å². The van der Waals surface area contributed by atoms with Gasteiger partial charge >= 0.3 is 24.1 Å². The van der Waals surface area contributed by atoms with Crippen molar-refractivity contribution in [3.05, 3.63) is 101 Å². The van der Waals surface area contributed by atoms with Crippen LogP contribution in [0.1, 0.15) is 50.9 Å². The summed E-state index contributed by atoms with van der Waals surface area (Å²) < 4.78 is 86.7. The fraction of sp³-hybridized carbons (Fsp3) is 0.318. The minimum Gasteiger partial charge on any atom is -0.487 e. The molecule has 6 rings (SSSR count). The summed E-state index contributed by atoms with van der Waals surface area (Å²) >= 11 is 7.97. The third kappa shape index (κ3) is 12.2. The molecular weight excluding hydrogens is 870 g/mol. The quantitative estimate of drug-likeness (QED) is 0.0522. The number of hydrogen-bond acceptors (Lipinski definition) is 14. The van der Waals surface area contributed by atoms with Crippen LogP contribution in [0.3, 0.4) is 0 Å². The molecule has 0 aliphatic carbocycles. The van der Waals surface area contributed by atoms with E-state index in [-0.39, 0.29) is 48.7 Å². The Morgan fingerprint density at radius 1 is 0.952 bits per heavy atom. The second-order valence-corrected chi connectivity index (χ2v) is 16.2. The van der Waals surface area contributed by atoms with Crippen molar-refractivity contribution in [3.63, 3.8) is 0 Å². The highest BCUT2D eigenvalue weighted by atomic mass is 35.5. The number of nitrogen functional groups attached to an aromatic ring is 1. The van der Waals surface area contributed by atoms with E-state index in [0.29, 0.717) is 53.6 Å². The third-order valence-electron chi connectivity index (χ3n) is 8.95. The van der Waals surface area contributed by atoms with Crippen molar-refractivity contribution in [2.24, 2.45) is 0 Å². The molecule has 0 bridgehead atoms. The maximum atomic E-state index is 14.1. The molecule has 0 aliphatic heterocycles. The standard InChI is InChI=1S/C44H42ClF4N5O8S/c1-6-57-41(56)33(61-39-36-35(30-12-13-31(50)37(45)24(30)2)38(63-40(36)53-23-52-39)25-7-9-27(46)10-8-25)20-26-19-29(59-22-34(55)62-43(3,4)5)11-14-32(26)60-21-28-15-17-51-42(54-28)58-18-16-44(47,48)49/h7-15,17,19,23,33H,6,16,18,20-22,50H2,1-5H3/t33-/m1/s1. The SMILES string of the molecule is CCOC(=O)[C@@H](Cc1cc(OCC(=O)OC(C)(C)C)ccc1OCc1ccnc(OCCC(F)(F)F)n1)Oc1ncnc2sc(-c3ccc(F)cc3)c(-c3ccc(N)c(Cl)c3C)c12. The Hall–Kier alpha value is -6.27. The van der Waals surface area contributed by atoms with E-state index in [9.17, 15) is 27.2 Å². The predicted octanol–water partition coefficient (Wildman–Crippen LogP) is 9.68. The lowest BCUT2D eigenvalue weighted by Crippen LogP contribution is -2.32. The number of benzene rings is 3. The molecule has 0 spiro atoms. The maximum Gasteiger partial charge on any atom is 0.392 e. The smallest absolute Gasteiger partial charge is 0.392 e. The average molecular weight is 912 g/mol. The van der Waals surface area contributed by atoms with Gasteiger partial charge in [0.2, 0.25) is 12.0 Å². The van der Waals surface area contributed by atoms with Crippen LogP contribution >= 0.6 is 22.9 Å². The Morgan fingerprint density at radius 3 is 2.43 bits per heavy atom. The Balaban J connectivity index is 1.39. The van der Waals surface area contributed by atoms with Crippen LogP contribution in [-0.4, -0.2) is 69.6 Å². The van der Waals surface area contributed by atoms with Crippen LogP contribution < -0.4 is 24.7 Å². The average Bonchev–Trinajstić information content (AvgIpc) is 3.61. The molecule has 3 aromatic heterocycles. The van der Waals surface area contributed by atoms with Crippen LogP contribution in [0.4, 0.5) is 23.2 Å². The van der Waals surface area contributed by atoms with E-state index in [4.69, 9.17) is 45.8 Å². The second kappa shape index (κ2) is 19.8. The molecule has 2 N–H and O–H groups in total. The van der Waals surface area contributed by atoms with Gasteiger partial charge in [0.25, 0.3) is 0 Å². The second-order valence-electron chi connectivity index (χ2n) is 14.9. The van der Waals surface area contributed by atoms with Crippen LogP contribution in [0.2, 0.25) is 5.02 Å². The van der Waals surface area contributed by atoms with E-state index in [0.717, 1.165) is 0 Å². The van der Waals surface area contributed by atoms with Gasteiger partial charge < -0.3 is 34.2 Å². The zero-order chi connectivity index (χ0) is 45.5. The van der Waals surface area contributed by atoms with Gasteiger partial charge in [-0.15, -0.1) is 11.3 Å². The zero-order valence-electron chi connectivity index (χ0n) is 34.7. The fourth-order valence-corrected chi connectivity index (χ4v) is 7.49. The molecule has 13 nitrogen and oxygen atoms in total. The van der Waals surface area contributed by atoms with Crippen LogP contribution in [-0.2, 0) is 32.1 Å². The first kappa shape index (κ1) is 46.2. The molecule has 0 saturated heterocycles. The highest BCUT2D eigenvalue weighted by molar-refractivity contribution is 7.22. The third-order valence-corrected chi connectivity index (χ3v) is 10.6. The first-order chi connectivity index (χ1) is 29.9. The highest BCUT2D eigenvalue weighted by Gasteiger charge is 2.30. The molecule has 0 unspecified atom stereocenters. The molecule has 0 radical (unpaired) electrons. The van der Waals surface area contributed by atoms with Crippen molar-refractivity contribution in [1.29, 1.82) is 0 Å². The number of esters is 2. The van der Waals surface area contributed by atoms with Crippen molar-refractivity contribution in [1.82, 2.24) is 19.9 Å². The summed E-state index contributed by atoms with van der Waals surface area (Å²) in [4.78, 5) is 44.7. The number of rotatable bonds is 17. The Labute approximate surface area is 368 Å². The van der Waals surface area contributed by atoms with Crippen LogP contribution in [0.25, 0.3) is 31.8 Å². The predicted molar refractivity (Wildman–Crippen MR) is 227 cm³/mol. The van der Waals surface area contributed by atoms with E-state index in [2.05, 4.69) is 19.9 Å². The number of nitrogens with zero attached hydrogens (tertiary/aromatic N) is 4. The number of ether oxygens (including phenoxy) is 6. The summed E-state index contributed by atoms with van der Waals surface area (Å²) in [5, 5.41) is 0.761. The number of thiophene rings is 1. The number of aromatic nitrogens is 4. The molecule has 6 aromatic rings. The number of alkyl halides is 3. The number of anilines is 1. The molecule has 0 aliphatic rings. The monoisotopic (exact) mass is 911 g/mol. The van der Waals surface area contributed by atoms with E-state index in [1.165, 1.54) is 48.1 Å². The molecule has 19 heteroatoms. The number of carbonyl (C=O) groups is 2. The first-order valence-corrected chi connectivity index (χ1v) is 20.6. The van der Waals surface area contributed by atoms with Crippen molar-refractivity contribution in [2.45, 2.75) is 71.9 Å². The lowest BCUT2D eigenvalue weighted by molar-refractivity contribution is -0.157. The normalized spacial score (nSPS) is 12.2. The largest absolute Gasteiger partial charge is 0.487 e. The number of fused-ring (bicyclic) bond motifs is 1. The van der Waals surface area contributed by atoms with Gasteiger partial charge in [0, 0.05) is 28.6 Å². The zero-order valence-corrected chi connectivity index (χ0v) is 36.3. The highest BCUT2D eigenvalue weighted by Crippen LogP contribution is 2.49. The van der Waals surface area contributed by atoms with Gasteiger partial charge in [-0.3, -0.25) is 0 Å². The topological polar surface area (TPSA) is 167 Å². The van der Waals surface area contributed by atoms with E-state index in [1.54, 1.807) is 71.0 Å². The lowest BCUT2D eigenvalue weighted by atomic mass is 9.95. The van der Waals surface area contributed by atoms with Crippen LogP contribution in [0, 0.1) is 12.7 Å².